The maximum atomic E-state index is 10.00. The number of ether oxygens (including phenoxy) is 1. The molecule has 0 radical (unpaired) electrons. The molecule has 1 aromatic rings. The van der Waals surface area contributed by atoms with E-state index in [2.05, 4.69) is 11.8 Å². The molecule has 1 saturated heterocycles. The molecule has 0 spiro atoms. The smallest absolute Gasteiger partial charge is 0.0900 e. The molecule has 1 aliphatic heterocycles. The van der Waals surface area contributed by atoms with Crippen molar-refractivity contribution in [3.8, 4) is 0 Å². The molecule has 2 rings (SSSR count). The summed E-state index contributed by atoms with van der Waals surface area (Å²) < 4.78 is 5.57. The summed E-state index contributed by atoms with van der Waals surface area (Å²) in [5, 5.41) is 10.00. The first-order valence-corrected chi connectivity index (χ1v) is 7.26. The van der Waals surface area contributed by atoms with Gasteiger partial charge in [-0.1, -0.05) is 37.3 Å². The minimum absolute atomic E-state index is 0.381. The molecular formula is C16H25NO2. The van der Waals surface area contributed by atoms with E-state index in [1.165, 1.54) is 12.8 Å². The highest BCUT2D eigenvalue weighted by molar-refractivity contribution is 5.13. The highest BCUT2D eigenvalue weighted by Crippen LogP contribution is 2.15. The van der Waals surface area contributed by atoms with E-state index >= 15 is 0 Å². The van der Waals surface area contributed by atoms with Crippen molar-refractivity contribution in [2.45, 2.75) is 32.5 Å². The first kappa shape index (κ1) is 14.5. The minimum Gasteiger partial charge on any atom is -0.389 e. The molecule has 3 heteroatoms. The summed E-state index contributed by atoms with van der Waals surface area (Å²) in [5.41, 5.74) is 1.15. The SMILES string of the molecule is C[C@H]1CCCN(C[C@@H](O)COCc2ccccc2)C1. The van der Waals surface area contributed by atoms with Gasteiger partial charge in [0.1, 0.15) is 0 Å². The molecule has 1 aromatic carbocycles. The number of aliphatic hydroxyl groups excluding tert-OH is 1. The fourth-order valence-electron chi connectivity index (χ4n) is 2.69. The number of rotatable bonds is 6. The van der Waals surface area contributed by atoms with Gasteiger partial charge in [0, 0.05) is 13.1 Å². The van der Waals surface area contributed by atoms with Crippen LogP contribution in [0.1, 0.15) is 25.3 Å². The topological polar surface area (TPSA) is 32.7 Å². The Labute approximate surface area is 116 Å². The first-order chi connectivity index (χ1) is 9.24. The molecule has 0 bridgehead atoms. The normalized spacial score (nSPS) is 22.3. The Morgan fingerprint density at radius 2 is 2.16 bits per heavy atom. The average molecular weight is 263 g/mol. The van der Waals surface area contributed by atoms with Crippen LogP contribution in [0.15, 0.2) is 30.3 Å². The van der Waals surface area contributed by atoms with Gasteiger partial charge in [0.25, 0.3) is 0 Å². The molecule has 0 aromatic heterocycles. The fraction of sp³-hybridized carbons (Fsp3) is 0.625. The van der Waals surface area contributed by atoms with Gasteiger partial charge in [0.15, 0.2) is 0 Å². The zero-order valence-corrected chi connectivity index (χ0v) is 11.8. The van der Waals surface area contributed by atoms with Crippen molar-refractivity contribution in [1.29, 1.82) is 0 Å². The lowest BCUT2D eigenvalue weighted by molar-refractivity contribution is 0.00377. The van der Waals surface area contributed by atoms with E-state index in [1.54, 1.807) is 0 Å². The lowest BCUT2D eigenvalue weighted by Crippen LogP contribution is -2.40. The van der Waals surface area contributed by atoms with Crippen LogP contribution in [0, 0.1) is 5.92 Å². The van der Waals surface area contributed by atoms with Gasteiger partial charge < -0.3 is 14.7 Å². The molecule has 1 fully saturated rings. The van der Waals surface area contributed by atoms with Crippen molar-refractivity contribution >= 4 is 0 Å². The van der Waals surface area contributed by atoms with Crippen molar-refractivity contribution in [2.75, 3.05) is 26.2 Å². The third-order valence-electron chi connectivity index (χ3n) is 3.63. The summed E-state index contributed by atoms with van der Waals surface area (Å²) in [5.74, 6) is 0.756. The number of nitrogens with zero attached hydrogens (tertiary/aromatic N) is 1. The molecule has 1 aliphatic rings. The molecule has 0 saturated carbocycles. The highest BCUT2D eigenvalue weighted by Gasteiger charge is 2.18. The van der Waals surface area contributed by atoms with Crippen molar-refractivity contribution in [2.24, 2.45) is 5.92 Å². The van der Waals surface area contributed by atoms with Crippen molar-refractivity contribution < 1.29 is 9.84 Å². The summed E-state index contributed by atoms with van der Waals surface area (Å²) in [6.07, 6.45) is 2.18. The zero-order chi connectivity index (χ0) is 13.5. The number of β-amino-alcohol motifs (C(OH)–C–C–N with tert-alkyl or cyclic N) is 1. The second kappa shape index (κ2) is 7.63. The van der Waals surface area contributed by atoms with Gasteiger partial charge in [-0.3, -0.25) is 0 Å². The van der Waals surface area contributed by atoms with Crippen LogP contribution in [0.5, 0.6) is 0 Å². The van der Waals surface area contributed by atoms with Crippen LogP contribution in [-0.2, 0) is 11.3 Å². The lowest BCUT2D eigenvalue weighted by Gasteiger charge is -2.32. The Kier molecular flexibility index (Phi) is 5.83. The minimum atomic E-state index is -0.381. The standard InChI is InChI=1S/C16H25NO2/c1-14-6-5-9-17(10-14)11-16(18)13-19-12-15-7-3-2-4-8-15/h2-4,7-8,14,16,18H,5-6,9-13H2,1H3/t14-,16+/m0/s1. The van der Waals surface area contributed by atoms with Crippen LogP contribution < -0.4 is 0 Å². The number of hydrogen-bond donors (Lipinski definition) is 1. The van der Waals surface area contributed by atoms with E-state index in [9.17, 15) is 5.11 Å². The van der Waals surface area contributed by atoms with Gasteiger partial charge in [0.2, 0.25) is 0 Å². The third-order valence-corrected chi connectivity index (χ3v) is 3.63. The number of piperidine rings is 1. The average Bonchev–Trinajstić information content (AvgIpc) is 2.40. The van der Waals surface area contributed by atoms with E-state index < -0.39 is 0 Å². The largest absolute Gasteiger partial charge is 0.389 e. The molecular weight excluding hydrogens is 238 g/mol. The fourth-order valence-corrected chi connectivity index (χ4v) is 2.69. The van der Waals surface area contributed by atoms with E-state index in [4.69, 9.17) is 4.74 Å². The Hall–Kier alpha value is -0.900. The summed E-state index contributed by atoms with van der Waals surface area (Å²) in [4.78, 5) is 2.35. The maximum Gasteiger partial charge on any atom is 0.0900 e. The van der Waals surface area contributed by atoms with Crippen LogP contribution in [0.25, 0.3) is 0 Å². The molecule has 1 heterocycles. The van der Waals surface area contributed by atoms with Gasteiger partial charge >= 0.3 is 0 Å². The van der Waals surface area contributed by atoms with Gasteiger partial charge in [-0.15, -0.1) is 0 Å². The lowest BCUT2D eigenvalue weighted by atomic mass is 10.0. The van der Waals surface area contributed by atoms with Gasteiger partial charge in [-0.2, -0.15) is 0 Å². The van der Waals surface area contributed by atoms with Gasteiger partial charge in [0.05, 0.1) is 19.3 Å². The Bertz CT molecular complexity index is 355. The van der Waals surface area contributed by atoms with E-state index in [0.29, 0.717) is 13.2 Å². The summed E-state index contributed by atoms with van der Waals surface area (Å²) in [7, 11) is 0. The molecule has 0 aliphatic carbocycles. The second-order valence-electron chi connectivity index (χ2n) is 5.66. The first-order valence-electron chi connectivity index (χ1n) is 7.26. The highest BCUT2D eigenvalue weighted by atomic mass is 16.5. The number of benzene rings is 1. The van der Waals surface area contributed by atoms with Crippen LogP contribution in [0.3, 0.4) is 0 Å². The maximum absolute atomic E-state index is 10.00. The van der Waals surface area contributed by atoms with Crippen molar-refractivity contribution in [3.05, 3.63) is 35.9 Å². The Balaban J connectivity index is 1.63. The monoisotopic (exact) mass is 263 g/mol. The number of likely N-dealkylation sites (tertiary alicyclic amines) is 1. The van der Waals surface area contributed by atoms with Gasteiger partial charge in [-0.05, 0) is 30.9 Å². The van der Waals surface area contributed by atoms with Gasteiger partial charge in [-0.25, -0.2) is 0 Å². The number of aliphatic hydroxyl groups is 1. The predicted octanol–water partition coefficient (Wildman–Crippen LogP) is 2.30. The Morgan fingerprint density at radius 1 is 1.37 bits per heavy atom. The zero-order valence-electron chi connectivity index (χ0n) is 11.8. The predicted molar refractivity (Wildman–Crippen MR) is 76.9 cm³/mol. The van der Waals surface area contributed by atoms with Crippen molar-refractivity contribution in [3.63, 3.8) is 0 Å². The molecule has 0 unspecified atom stereocenters. The number of hydrogen-bond acceptors (Lipinski definition) is 3. The Morgan fingerprint density at radius 3 is 2.89 bits per heavy atom. The van der Waals surface area contributed by atoms with Crippen LogP contribution in [0.2, 0.25) is 0 Å². The third kappa shape index (κ3) is 5.31. The molecule has 106 valence electrons. The summed E-state index contributed by atoms with van der Waals surface area (Å²) in [6, 6.07) is 10.1. The van der Waals surface area contributed by atoms with Crippen molar-refractivity contribution in [1.82, 2.24) is 4.90 Å². The molecule has 1 N–H and O–H groups in total. The summed E-state index contributed by atoms with van der Waals surface area (Å²) in [6.45, 7) is 6.23. The molecule has 0 amide bonds. The summed E-state index contributed by atoms with van der Waals surface area (Å²) >= 11 is 0. The molecule has 2 atom stereocenters. The molecule has 19 heavy (non-hydrogen) atoms. The quantitative estimate of drug-likeness (QED) is 0.855. The van der Waals surface area contributed by atoms with Crippen LogP contribution in [-0.4, -0.2) is 42.4 Å². The second-order valence-corrected chi connectivity index (χ2v) is 5.66. The van der Waals surface area contributed by atoms with E-state index in [0.717, 1.165) is 31.1 Å². The van der Waals surface area contributed by atoms with Crippen LogP contribution >= 0.6 is 0 Å². The molecule has 3 nitrogen and oxygen atoms in total. The van der Waals surface area contributed by atoms with E-state index in [1.807, 2.05) is 30.3 Å². The van der Waals surface area contributed by atoms with Crippen LogP contribution in [0.4, 0.5) is 0 Å². The van der Waals surface area contributed by atoms with E-state index in [-0.39, 0.29) is 6.10 Å².